The van der Waals surface area contributed by atoms with Gasteiger partial charge in [-0.1, -0.05) is 30.0 Å². The zero-order valence-corrected chi connectivity index (χ0v) is 15.5. The highest BCUT2D eigenvalue weighted by Crippen LogP contribution is 2.24. The van der Waals surface area contributed by atoms with Crippen LogP contribution in [0.1, 0.15) is 5.89 Å². The van der Waals surface area contributed by atoms with Gasteiger partial charge in [0.1, 0.15) is 11.5 Å². The molecule has 0 saturated heterocycles. The second-order valence-corrected chi connectivity index (χ2v) is 6.40. The number of hydrogen-bond donors (Lipinski definition) is 1. The van der Waals surface area contributed by atoms with Crippen LogP contribution in [0.2, 0.25) is 0 Å². The van der Waals surface area contributed by atoms with Crippen LogP contribution in [0, 0.1) is 0 Å². The van der Waals surface area contributed by atoms with Gasteiger partial charge in [-0.3, -0.25) is 4.79 Å². The third kappa shape index (κ3) is 7.03. The Morgan fingerprint density at radius 3 is 2.45 bits per heavy atom. The minimum atomic E-state index is -4.77. The molecular weight excluding hydrogens is 411 g/mol. The van der Waals surface area contributed by atoms with Gasteiger partial charge in [0, 0.05) is 5.69 Å². The number of halogens is 3. The highest BCUT2D eigenvalue weighted by atomic mass is 32.2. The van der Waals surface area contributed by atoms with E-state index >= 15 is 0 Å². The first-order chi connectivity index (χ1) is 13.9. The number of thioether (sulfide) groups is 1. The molecule has 3 aromatic rings. The van der Waals surface area contributed by atoms with Gasteiger partial charge in [0.25, 0.3) is 11.1 Å². The van der Waals surface area contributed by atoms with Crippen molar-refractivity contribution in [3.63, 3.8) is 0 Å². The molecular formula is C18H14F3N3O4S. The van der Waals surface area contributed by atoms with Gasteiger partial charge in [-0.2, -0.15) is 0 Å². The van der Waals surface area contributed by atoms with Crippen molar-refractivity contribution in [2.75, 3.05) is 11.1 Å². The van der Waals surface area contributed by atoms with E-state index in [4.69, 9.17) is 9.15 Å². The van der Waals surface area contributed by atoms with Crippen LogP contribution >= 0.6 is 11.8 Å². The first-order valence-corrected chi connectivity index (χ1v) is 9.15. The minimum absolute atomic E-state index is 0.0258. The van der Waals surface area contributed by atoms with Crippen LogP contribution in [0.4, 0.5) is 18.9 Å². The minimum Gasteiger partial charge on any atom is -0.484 e. The molecule has 0 spiro atoms. The maximum atomic E-state index is 12.1. The predicted molar refractivity (Wildman–Crippen MR) is 97.6 cm³/mol. The van der Waals surface area contributed by atoms with Gasteiger partial charge in [0.05, 0.1) is 5.75 Å². The first-order valence-electron chi connectivity index (χ1n) is 8.16. The molecule has 0 atom stereocenters. The predicted octanol–water partition coefficient (Wildman–Crippen LogP) is 4.28. The van der Waals surface area contributed by atoms with E-state index in [-0.39, 0.29) is 35.1 Å². The Morgan fingerprint density at radius 1 is 1.03 bits per heavy atom. The summed E-state index contributed by atoms with van der Waals surface area (Å²) >= 11 is 1.02. The molecule has 0 aliphatic heterocycles. The summed E-state index contributed by atoms with van der Waals surface area (Å²) in [7, 11) is 0. The van der Waals surface area contributed by atoms with Crippen molar-refractivity contribution in [3.8, 4) is 11.5 Å². The van der Waals surface area contributed by atoms with Crippen LogP contribution in [0.3, 0.4) is 0 Å². The highest BCUT2D eigenvalue weighted by Gasteiger charge is 2.30. The van der Waals surface area contributed by atoms with E-state index in [9.17, 15) is 18.0 Å². The van der Waals surface area contributed by atoms with E-state index in [2.05, 4.69) is 20.3 Å². The normalized spacial score (nSPS) is 11.1. The van der Waals surface area contributed by atoms with Crippen molar-refractivity contribution >= 4 is 23.4 Å². The Kier molecular flexibility index (Phi) is 6.60. The molecule has 0 fully saturated rings. The summed E-state index contributed by atoms with van der Waals surface area (Å²) < 4.78 is 51.0. The average molecular weight is 425 g/mol. The molecule has 0 aliphatic rings. The number of nitrogens with zero attached hydrogens (tertiary/aromatic N) is 2. The Labute approximate surface area is 167 Å². The fourth-order valence-electron chi connectivity index (χ4n) is 2.08. The standard InChI is InChI=1S/C18H14F3N3O4S/c19-18(20,21)28-14-8-6-12(7-9-14)22-15(25)11-29-17-24-23-16(27-17)10-26-13-4-2-1-3-5-13/h1-9H,10-11H2,(H,22,25). The average Bonchev–Trinajstić information content (AvgIpc) is 3.14. The second kappa shape index (κ2) is 9.32. The number of amides is 1. The Hall–Kier alpha value is -3.21. The summed E-state index contributed by atoms with van der Waals surface area (Å²) in [5.41, 5.74) is 0.326. The lowest BCUT2D eigenvalue weighted by atomic mass is 10.3. The lowest BCUT2D eigenvalue weighted by Gasteiger charge is -2.09. The quantitative estimate of drug-likeness (QED) is 0.539. The summed E-state index contributed by atoms with van der Waals surface area (Å²) in [5, 5.41) is 10.4. The van der Waals surface area contributed by atoms with Gasteiger partial charge in [0.15, 0.2) is 6.61 Å². The van der Waals surface area contributed by atoms with Crippen LogP contribution < -0.4 is 14.8 Å². The Bertz CT molecular complexity index is 934. The van der Waals surface area contributed by atoms with Crippen molar-refractivity contribution in [1.82, 2.24) is 10.2 Å². The third-order valence-corrected chi connectivity index (χ3v) is 4.07. The molecule has 1 N–H and O–H groups in total. The summed E-state index contributed by atoms with van der Waals surface area (Å²) in [6, 6.07) is 13.9. The van der Waals surface area contributed by atoms with Gasteiger partial charge in [-0.05, 0) is 36.4 Å². The molecule has 29 heavy (non-hydrogen) atoms. The summed E-state index contributed by atoms with van der Waals surface area (Å²) in [4.78, 5) is 12.0. The number of carbonyl (C=O) groups is 1. The van der Waals surface area contributed by atoms with Gasteiger partial charge < -0.3 is 19.2 Å². The molecule has 3 rings (SSSR count). The smallest absolute Gasteiger partial charge is 0.484 e. The van der Waals surface area contributed by atoms with Gasteiger partial charge >= 0.3 is 6.36 Å². The lowest BCUT2D eigenvalue weighted by Crippen LogP contribution is -2.17. The van der Waals surface area contributed by atoms with Gasteiger partial charge in [0.2, 0.25) is 5.91 Å². The molecule has 1 heterocycles. The second-order valence-electron chi connectivity index (χ2n) is 5.47. The molecule has 7 nitrogen and oxygen atoms in total. The van der Waals surface area contributed by atoms with Crippen molar-refractivity contribution < 1.29 is 31.9 Å². The van der Waals surface area contributed by atoms with Crippen molar-refractivity contribution in [3.05, 3.63) is 60.5 Å². The van der Waals surface area contributed by atoms with Crippen LogP contribution in [-0.2, 0) is 11.4 Å². The molecule has 2 aromatic carbocycles. The SMILES string of the molecule is O=C(CSc1nnc(COc2ccccc2)o1)Nc1ccc(OC(F)(F)F)cc1. The van der Waals surface area contributed by atoms with Gasteiger partial charge in [-0.15, -0.1) is 23.4 Å². The van der Waals surface area contributed by atoms with Crippen LogP contribution in [0.15, 0.2) is 64.2 Å². The van der Waals surface area contributed by atoms with Crippen molar-refractivity contribution in [2.45, 2.75) is 18.2 Å². The zero-order chi connectivity index (χ0) is 20.7. The molecule has 0 unspecified atom stereocenters. The number of para-hydroxylation sites is 1. The number of carbonyl (C=O) groups excluding carboxylic acids is 1. The van der Waals surface area contributed by atoms with E-state index in [0.717, 1.165) is 23.9 Å². The molecule has 1 amide bonds. The number of alkyl halides is 3. The molecule has 152 valence electrons. The number of ether oxygens (including phenoxy) is 2. The fourth-order valence-corrected chi connectivity index (χ4v) is 2.66. The van der Waals surface area contributed by atoms with E-state index in [1.165, 1.54) is 12.1 Å². The number of nitrogens with one attached hydrogen (secondary N) is 1. The van der Waals surface area contributed by atoms with Crippen molar-refractivity contribution in [2.24, 2.45) is 0 Å². The third-order valence-electron chi connectivity index (χ3n) is 3.25. The Balaban J connectivity index is 1.43. The van der Waals surface area contributed by atoms with E-state index in [1.54, 1.807) is 12.1 Å². The highest BCUT2D eigenvalue weighted by molar-refractivity contribution is 7.99. The number of anilines is 1. The largest absolute Gasteiger partial charge is 0.573 e. The zero-order valence-electron chi connectivity index (χ0n) is 14.7. The lowest BCUT2D eigenvalue weighted by molar-refractivity contribution is -0.274. The summed E-state index contributed by atoms with van der Waals surface area (Å²) in [6.07, 6.45) is -4.77. The Morgan fingerprint density at radius 2 is 1.76 bits per heavy atom. The number of benzene rings is 2. The fraction of sp³-hybridized carbons (Fsp3) is 0.167. The van der Waals surface area contributed by atoms with Crippen LogP contribution in [-0.4, -0.2) is 28.2 Å². The molecule has 1 aromatic heterocycles. The summed E-state index contributed by atoms with van der Waals surface area (Å²) in [6.45, 7) is 0.0934. The van der Waals surface area contributed by atoms with E-state index < -0.39 is 6.36 Å². The molecule has 0 bridgehead atoms. The maximum Gasteiger partial charge on any atom is 0.573 e. The topological polar surface area (TPSA) is 86.5 Å². The summed E-state index contributed by atoms with van der Waals surface area (Å²) in [5.74, 6) is 0.130. The number of hydrogen-bond acceptors (Lipinski definition) is 7. The van der Waals surface area contributed by atoms with Crippen LogP contribution in [0.25, 0.3) is 0 Å². The number of rotatable bonds is 8. The monoisotopic (exact) mass is 425 g/mol. The van der Waals surface area contributed by atoms with Gasteiger partial charge in [-0.25, -0.2) is 0 Å². The van der Waals surface area contributed by atoms with Crippen molar-refractivity contribution in [1.29, 1.82) is 0 Å². The molecule has 11 heteroatoms. The van der Waals surface area contributed by atoms with Crippen LogP contribution in [0.5, 0.6) is 11.5 Å². The number of aromatic nitrogens is 2. The maximum absolute atomic E-state index is 12.1. The molecule has 0 radical (unpaired) electrons. The van der Waals surface area contributed by atoms with E-state index in [1.807, 2.05) is 18.2 Å². The molecule has 0 saturated carbocycles. The van der Waals surface area contributed by atoms with E-state index in [0.29, 0.717) is 11.4 Å². The molecule has 0 aliphatic carbocycles. The first kappa shape index (κ1) is 20.5.